The number of nitrogens with one attached hydrogen (secondary N) is 1. The molecule has 1 saturated heterocycles. The zero-order valence-electron chi connectivity index (χ0n) is 15.0. The zero-order valence-corrected chi connectivity index (χ0v) is 15.8. The first-order chi connectivity index (χ1) is 12.1. The van der Waals surface area contributed by atoms with Crippen LogP contribution in [0.3, 0.4) is 0 Å². The zero-order chi connectivity index (χ0) is 17.8. The summed E-state index contributed by atoms with van der Waals surface area (Å²) in [5, 5.41) is 6.01. The van der Waals surface area contributed by atoms with Crippen LogP contribution in [0.1, 0.15) is 37.2 Å². The van der Waals surface area contributed by atoms with E-state index in [1.54, 1.807) is 0 Å². The number of benzene rings is 1. The SMILES string of the molecule is CNC1CCN(C(=O)c2csc(-c3ccc(OC(C)C)cc3)n2)CC1. The summed E-state index contributed by atoms with van der Waals surface area (Å²) in [6.07, 6.45) is 2.15. The Bertz CT molecular complexity index is 704. The van der Waals surface area contributed by atoms with Crippen molar-refractivity contribution in [1.29, 1.82) is 0 Å². The van der Waals surface area contributed by atoms with Crippen LogP contribution >= 0.6 is 11.3 Å². The molecule has 1 aliphatic heterocycles. The van der Waals surface area contributed by atoms with E-state index in [0.717, 1.165) is 42.3 Å². The van der Waals surface area contributed by atoms with Crippen LogP contribution in [-0.2, 0) is 0 Å². The Morgan fingerprint density at radius 1 is 1.28 bits per heavy atom. The van der Waals surface area contributed by atoms with Crippen LogP contribution in [0.25, 0.3) is 10.6 Å². The Balaban J connectivity index is 1.66. The van der Waals surface area contributed by atoms with E-state index in [0.29, 0.717) is 11.7 Å². The van der Waals surface area contributed by atoms with Crippen LogP contribution < -0.4 is 10.1 Å². The van der Waals surface area contributed by atoms with E-state index in [1.165, 1.54) is 11.3 Å². The summed E-state index contributed by atoms with van der Waals surface area (Å²) in [5.41, 5.74) is 1.56. The standard InChI is InChI=1S/C19H25N3O2S/c1-13(2)24-16-6-4-14(5-7-16)18-21-17(12-25-18)19(23)22-10-8-15(20-3)9-11-22/h4-7,12-13,15,20H,8-11H2,1-3H3. The monoisotopic (exact) mass is 359 g/mol. The number of amides is 1. The van der Waals surface area contributed by atoms with Crippen molar-refractivity contribution in [2.24, 2.45) is 0 Å². The fourth-order valence-corrected chi connectivity index (χ4v) is 3.79. The van der Waals surface area contributed by atoms with Crippen LogP contribution in [0.2, 0.25) is 0 Å². The Labute approximate surface area is 153 Å². The number of hydrogen-bond acceptors (Lipinski definition) is 5. The highest BCUT2D eigenvalue weighted by atomic mass is 32.1. The van der Waals surface area contributed by atoms with Gasteiger partial charge in [0.2, 0.25) is 0 Å². The third-order valence-corrected chi connectivity index (χ3v) is 5.28. The molecule has 134 valence electrons. The van der Waals surface area contributed by atoms with Crippen molar-refractivity contribution in [3.8, 4) is 16.3 Å². The van der Waals surface area contributed by atoms with E-state index in [-0.39, 0.29) is 12.0 Å². The quantitative estimate of drug-likeness (QED) is 0.889. The molecule has 2 heterocycles. The minimum atomic E-state index is 0.0387. The largest absolute Gasteiger partial charge is 0.491 e. The van der Waals surface area contributed by atoms with Gasteiger partial charge in [0.25, 0.3) is 5.91 Å². The van der Waals surface area contributed by atoms with E-state index in [1.807, 2.05) is 55.4 Å². The summed E-state index contributed by atoms with van der Waals surface area (Å²) < 4.78 is 5.66. The molecular weight excluding hydrogens is 334 g/mol. The highest BCUT2D eigenvalue weighted by Crippen LogP contribution is 2.27. The second-order valence-corrected chi connectivity index (χ2v) is 7.44. The number of rotatable bonds is 5. The first-order valence-corrected chi connectivity index (χ1v) is 9.64. The van der Waals surface area contributed by atoms with E-state index < -0.39 is 0 Å². The van der Waals surface area contributed by atoms with Gasteiger partial charge in [-0.05, 0) is 58.0 Å². The molecule has 0 aliphatic carbocycles. The van der Waals surface area contributed by atoms with Gasteiger partial charge >= 0.3 is 0 Å². The first-order valence-electron chi connectivity index (χ1n) is 8.76. The van der Waals surface area contributed by atoms with Gasteiger partial charge in [0.15, 0.2) is 0 Å². The number of thiazole rings is 1. The summed E-state index contributed by atoms with van der Waals surface area (Å²) in [6.45, 7) is 5.59. The molecule has 0 radical (unpaired) electrons. The van der Waals surface area contributed by atoms with Gasteiger partial charge in [-0.15, -0.1) is 11.3 Å². The molecule has 5 nitrogen and oxygen atoms in total. The molecule has 6 heteroatoms. The van der Waals surface area contributed by atoms with E-state index in [2.05, 4.69) is 10.3 Å². The second-order valence-electron chi connectivity index (χ2n) is 6.58. The summed E-state index contributed by atoms with van der Waals surface area (Å²) in [4.78, 5) is 19.1. The first kappa shape index (κ1) is 17.9. The highest BCUT2D eigenvalue weighted by Gasteiger charge is 2.24. The smallest absolute Gasteiger partial charge is 0.273 e. The third-order valence-electron chi connectivity index (χ3n) is 4.39. The summed E-state index contributed by atoms with van der Waals surface area (Å²) in [6, 6.07) is 8.38. The minimum absolute atomic E-state index is 0.0387. The van der Waals surface area contributed by atoms with Crippen molar-refractivity contribution in [2.45, 2.75) is 38.8 Å². The highest BCUT2D eigenvalue weighted by molar-refractivity contribution is 7.13. The molecule has 0 atom stereocenters. The Hall–Kier alpha value is -1.92. The molecule has 25 heavy (non-hydrogen) atoms. The minimum Gasteiger partial charge on any atom is -0.491 e. The van der Waals surface area contributed by atoms with Crippen LogP contribution in [0, 0.1) is 0 Å². The lowest BCUT2D eigenvalue weighted by Crippen LogP contribution is -2.44. The van der Waals surface area contributed by atoms with E-state index in [9.17, 15) is 4.79 Å². The lowest BCUT2D eigenvalue weighted by atomic mass is 10.1. The molecule has 0 spiro atoms. The Kier molecular flexibility index (Phi) is 5.71. The van der Waals surface area contributed by atoms with Crippen molar-refractivity contribution in [3.05, 3.63) is 35.3 Å². The van der Waals surface area contributed by atoms with Crippen molar-refractivity contribution in [1.82, 2.24) is 15.2 Å². The van der Waals surface area contributed by atoms with Crippen LogP contribution in [0.5, 0.6) is 5.75 Å². The van der Waals surface area contributed by atoms with Crippen LogP contribution in [0.15, 0.2) is 29.6 Å². The fourth-order valence-electron chi connectivity index (χ4n) is 2.99. The van der Waals surface area contributed by atoms with Crippen LogP contribution in [0.4, 0.5) is 0 Å². The molecule has 0 unspecified atom stereocenters. The van der Waals surface area contributed by atoms with Gasteiger partial charge in [-0.1, -0.05) is 0 Å². The predicted molar refractivity (Wildman–Crippen MR) is 101 cm³/mol. The normalized spacial score (nSPS) is 15.6. The van der Waals surface area contributed by atoms with Gasteiger partial charge in [0.1, 0.15) is 16.5 Å². The average Bonchev–Trinajstić information content (AvgIpc) is 3.11. The number of carbonyl (C=O) groups is 1. The summed E-state index contributed by atoms with van der Waals surface area (Å²) in [5.74, 6) is 0.885. The lowest BCUT2D eigenvalue weighted by Gasteiger charge is -2.31. The summed E-state index contributed by atoms with van der Waals surface area (Å²) in [7, 11) is 1.98. The van der Waals surface area contributed by atoms with E-state index >= 15 is 0 Å². The number of aromatic nitrogens is 1. The topological polar surface area (TPSA) is 54.5 Å². The second kappa shape index (κ2) is 7.97. The van der Waals surface area contributed by atoms with Crippen LogP contribution in [-0.4, -0.2) is 48.1 Å². The van der Waals surface area contributed by atoms with Crippen molar-refractivity contribution < 1.29 is 9.53 Å². The van der Waals surface area contributed by atoms with Gasteiger partial charge < -0.3 is 15.0 Å². The predicted octanol–water partition coefficient (Wildman–Crippen LogP) is 3.42. The number of likely N-dealkylation sites (tertiary alicyclic amines) is 1. The average molecular weight is 359 g/mol. The molecule has 1 N–H and O–H groups in total. The lowest BCUT2D eigenvalue weighted by molar-refractivity contribution is 0.0702. The number of nitrogens with zero attached hydrogens (tertiary/aromatic N) is 2. The van der Waals surface area contributed by atoms with Gasteiger partial charge in [0.05, 0.1) is 6.10 Å². The number of hydrogen-bond donors (Lipinski definition) is 1. The molecule has 2 aromatic rings. The molecule has 1 aromatic heterocycles. The number of piperidine rings is 1. The van der Waals surface area contributed by atoms with Gasteiger partial charge in [-0.2, -0.15) is 0 Å². The molecule has 0 bridgehead atoms. The summed E-state index contributed by atoms with van der Waals surface area (Å²) >= 11 is 1.51. The molecule has 1 fully saturated rings. The molecule has 1 amide bonds. The van der Waals surface area contributed by atoms with E-state index in [4.69, 9.17) is 4.74 Å². The third kappa shape index (κ3) is 4.38. The maximum absolute atomic E-state index is 12.6. The maximum Gasteiger partial charge on any atom is 0.273 e. The maximum atomic E-state index is 12.6. The van der Waals surface area contributed by atoms with Crippen molar-refractivity contribution in [3.63, 3.8) is 0 Å². The fraction of sp³-hybridized carbons (Fsp3) is 0.474. The Morgan fingerprint density at radius 3 is 2.56 bits per heavy atom. The molecule has 1 aromatic carbocycles. The number of carbonyl (C=O) groups excluding carboxylic acids is 1. The van der Waals surface area contributed by atoms with Gasteiger partial charge in [0, 0.05) is 30.1 Å². The molecule has 0 saturated carbocycles. The molecule has 1 aliphatic rings. The molecular formula is C19H25N3O2S. The van der Waals surface area contributed by atoms with Gasteiger partial charge in [-0.3, -0.25) is 4.79 Å². The van der Waals surface area contributed by atoms with Crippen molar-refractivity contribution in [2.75, 3.05) is 20.1 Å². The van der Waals surface area contributed by atoms with Gasteiger partial charge in [-0.25, -0.2) is 4.98 Å². The Morgan fingerprint density at radius 2 is 1.96 bits per heavy atom. The van der Waals surface area contributed by atoms with Crippen molar-refractivity contribution >= 4 is 17.2 Å². The number of ether oxygens (including phenoxy) is 1. The molecule has 3 rings (SSSR count).